The van der Waals surface area contributed by atoms with Gasteiger partial charge in [0.2, 0.25) is 5.89 Å². The van der Waals surface area contributed by atoms with E-state index in [1.807, 2.05) is 12.1 Å². The van der Waals surface area contributed by atoms with E-state index < -0.39 is 17.7 Å². The lowest BCUT2D eigenvalue weighted by Crippen LogP contribution is -2.36. The number of nitrogens with one attached hydrogen (secondary N) is 1. The highest BCUT2D eigenvalue weighted by molar-refractivity contribution is 6.30. The van der Waals surface area contributed by atoms with Crippen LogP contribution in [0.4, 0.5) is 4.79 Å². The Morgan fingerprint density at radius 1 is 1.35 bits per heavy atom. The molecule has 1 aromatic heterocycles. The number of rotatable bonds is 4. The number of aromatic nitrogens is 2. The van der Waals surface area contributed by atoms with Gasteiger partial charge in [0.1, 0.15) is 5.60 Å². The standard InChI is InChI=1S/C16H20ClN3O3/c1-10-18-14(20-23-10)13(19-15(21)22-16(2,3)4)9-11-5-7-12(17)8-6-11/h5-8,13H,9H2,1-4H3,(H,19,21). The maximum absolute atomic E-state index is 12.1. The molecule has 2 aromatic rings. The molecular formula is C16H20ClN3O3. The van der Waals surface area contributed by atoms with Crippen LogP contribution in [0.15, 0.2) is 28.8 Å². The van der Waals surface area contributed by atoms with E-state index in [1.54, 1.807) is 39.8 Å². The Bertz CT molecular complexity index is 662. The SMILES string of the molecule is Cc1nc(C(Cc2ccc(Cl)cc2)NC(=O)OC(C)(C)C)no1. The van der Waals surface area contributed by atoms with Gasteiger partial charge in [0.05, 0.1) is 6.04 Å². The zero-order valence-corrected chi connectivity index (χ0v) is 14.3. The van der Waals surface area contributed by atoms with Crippen molar-refractivity contribution in [3.63, 3.8) is 0 Å². The molecule has 7 heteroatoms. The predicted octanol–water partition coefficient (Wildman–Crippen LogP) is 3.84. The first-order valence-corrected chi connectivity index (χ1v) is 7.65. The molecule has 124 valence electrons. The van der Waals surface area contributed by atoms with E-state index in [2.05, 4.69) is 15.5 Å². The topological polar surface area (TPSA) is 77.2 Å². The van der Waals surface area contributed by atoms with Crippen molar-refractivity contribution in [1.29, 1.82) is 0 Å². The predicted molar refractivity (Wildman–Crippen MR) is 86.3 cm³/mol. The van der Waals surface area contributed by atoms with Gasteiger partial charge in [-0.25, -0.2) is 4.79 Å². The highest BCUT2D eigenvalue weighted by Crippen LogP contribution is 2.19. The van der Waals surface area contributed by atoms with Gasteiger partial charge < -0.3 is 14.6 Å². The third kappa shape index (κ3) is 5.56. The molecule has 0 aliphatic heterocycles. The Kier molecular flexibility index (Phi) is 5.26. The largest absolute Gasteiger partial charge is 0.444 e. The fourth-order valence-corrected chi connectivity index (χ4v) is 2.10. The van der Waals surface area contributed by atoms with Gasteiger partial charge in [0.25, 0.3) is 0 Å². The Balaban J connectivity index is 2.15. The highest BCUT2D eigenvalue weighted by Gasteiger charge is 2.24. The lowest BCUT2D eigenvalue weighted by molar-refractivity contribution is 0.0500. The average molecular weight is 338 g/mol. The molecule has 23 heavy (non-hydrogen) atoms. The lowest BCUT2D eigenvalue weighted by atomic mass is 10.1. The molecule has 0 fully saturated rings. The summed E-state index contributed by atoms with van der Waals surface area (Å²) >= 11 is 5.90. The van der Waals surface area contributed by atoms with Gasteiger partial charge in [-0.3, -0.25) is 0 Å². The maximum atomic E-state index is 12.1. The van der Waals surface area contributed by atoms with Crippen LogP contribution in [0, 0.1) is 6.92 Å². The monoisotopic (exact) mass is 337 g/mol. The molecule has 1 amide bonds. The maximum Gasteiger partial charge on any atom is 0.408 e. The molecule has 0 saturated heterocycles. The summed E-state index contributed by atoms with van der Waals surface area (Å²) in [6.07, 6.45) is -0.0334. The average Bonchev–Trinajstić information content (AvgIpc) is 2.85. The molecule has 2 rings (SSSR count). The summed E-state index contributed by atoms with van der Waals surface area (Å²) in [5.74, 6) is 0.843. The summed E-state index contributed by atoms with van der Waals surface area (Å²) in [6.45, 7) is 7.11. The van der Waals surface area contributed by atoms with E-state index in [0.717, 1.165) is 5.56 Å². The van der Waals surface area contributed by atoms with Crippen LogP contribution in [0.5, 0.6) is 0 Å². The molecule has 1 unspecified atom stereocenters. The molecular weight excluding hydrogens is 318 g/mol. The second-order valence-electron chi connectivity index (χ2n) is 6.20. The number of hydrogen-bond donors (Lipinski definition) is 1. The van der Waals surface area contributed by atoms with E-state index in [1.165, 1.54) is 0 Å². The van der Waals surface area contributed by atoms with Crippen LogP contribution in [-0.2, 0) is 11.2 Å². The van der Waals surface area contributed by atoms with Crippen molar-refractivity contribution in [1.82, 2.24) is 15.5 Å². The number of halogens is 1. The molecule has 0 spiro atoms. The number of hydrogen-bond acceptors (Lipinski definition) is 5. The first kappa shape index (κ1) is 17.3. The third-order valence-corrected chi connectivity index (χ3v) is 3.15. The highest BCUT2D eigenvalue weighted by atomic mass is 35.5. The lowest BCUT2D eigenvalue weighted by Gasteiger charge is -2.22. The second-order valence-corrected chi connectivity index (χ2v) is 6.64. The zero-order chi connectivity index (χ0) is 17.0. The number of carbonyl (C=O) groups excluding carboxylic acids is 1. The fraction of sp³-hybridized carbons (Fsp3) is 0.438. The summed E-state index contributed by atoms with van der Waals surface area (Å²) in [6, 6.07) is 6.91. The molecule has 1 N–H and O–H groups in total. The molecule has 0 aliphatic rings. The summed E-state index contributed by atoms with van der Waals surface area (Å²) in [4.78, 5) is 16.3. The first-order chi connectivity index (χ1) is 10.7. The Labute approximate surface area is 140 Å². The van der Waals surface area contributed by atoms with Gasteiger partial charge in [-0.1, -0.05) is 28.9 Å². The summed E-state index contributed by atoms with van der Waals surface area (Å²) in [5, 5.41) is 7.34. The minimum atomic E-state index is -0.581. The molecule has 1 heterocycles. The van der Waals surface area contributed by atoms with Crippen LogP contribution in [-0.4, -0.2) is 21.8 Å². The van der Waals surface area contributed by atoms with Crippen LogP contribution in [0.2, 0.25) is 5.02 Å². The first-order valence-electron chi connectivity index (χ1n) is 7.27. The van der Waals surface area contributed by atoms with E-state index in [-0.39, 0.29) is 0 Å². The van der Waals surface area contributed by atoms with Gasteiger partial charge in [-0.2, -0.15) is 4.98 Å². The number of benzene rings is 1. The van der Waals surface area contributed by atoms with Crippen molar-refractivity contribution in [3.8, 4) is 0 Å². The zero-order valence-electron chi connectivity index (χ0n) is 13.6. The van der Waals surface area contributed by atoms with Crippen molar-refractivity contribution < 1.29 is 14.1 Å². The van der Waals surface area contributed by atoms with Crippen molar-refractivity contribution in [2.45, 2.75) is 45.8 Å². The summed E-state index contributed by atoms with van der Waals surface area (Å²) in [7, 11) is 0. The van der Waals surface area contributed by atoms with Gasteiger partial charge >= 0.3 is 6.09 Å². The number of ether oxygens (including phenoxy) is 1. The van der Waals surface area contributed by atoms with Gasteiger partial charge in [-0.15, -0.1) is 0 Å². The molecule has 1 aromatic carbocycles. The van der Waals surface area contributed by atoms with Crippen molar-refractivity contribution >= 4 is 17.7 Å². The van der Waals surface area contributed by atoms with Gasteiger partial charge in [0, 0.05) is 18.4 Å². The van der Waals surface area contributed by atoms with E-state index in [9.17, 15) is 4.79 Å². The van der Waals surface area contributed by atoms with Crippen LogP contribution in [0.25, 0.3) is 0 Å². The molecule has 0 bridgehead atoms. The number of aryl methyl sites for hydroxylation is 1. The third-order valence-electron chi connectivity index (χ3n) is 2.90. The number of carbonyl (C=O) groups is 1. The minimum absolute atomic E-state index is 0.406. The molecule has 0 saturated carbocycles. The molecule has 6 nitrogen and oxygen atoms in total. The number of nitrogens with zero attached hydrogens (tertiary/aromatic N) is 2. The number of amides is 1. The quantitative estimate of drug-likeness (QED) is 0.917. The molecule has 0 radical (unpaired) electrons. The molecule has 0 aliphatic carbocycles. The van der Waals surface area contributed by atoms with E-state index in [4.69, 9.17) is 20.9 Å². The Morgan fingerprint density at radius 2 is 2.00 bits per heavy atom. The van der Waals surface area contributed by atoms with Crippen LogP contribution < -0.4 is 5.32 Å². The van der Waals surface area contributed by atoms with Crippen LogP contribution in [0.3, 0.4) is 0 Å². The molecule has 1 atom stereocenters. The second kappa shape index (κ2) is 7.00. The normalized spacial score (nSPS) is 12.7. The minimum Gasteiger partial charge on any atom is -0.444 e. The van der Waals surface area contributed by atoms with Gasteiger partial charge in [0.15, 0.2) is 5.82 Å². The van der Waals surface area contributed by atoms with Crippen molar-refractivity contribution in [2.75, 3.05) is 0 Å². The van der Waals surface area contributed by atoms with Crippen molar-refractivity contribution in [2.24, 2.45) is 0 Å². The summed E-state index contributed by atoms with van der Waals surface area (Å²) < 4.78 is 10.3. The van der Waals surface area contributed by atoms with Crippen LogP contribution in [0.1, 0.15) is 44.1 Å². The van der Waals surface area contributed by atoms with Gasteiger partial charge in [-0.05, 0) is 38.5 Å². The van der Waals surface area contributed by atoms with E-state index in [0.29, 0.717) is 23.2 Å². The Hall–Kier alpha value is -2.08. The van der Waals surface area contributed by atoms with Crippen molar-refractivity contribution in [3.05, 3.63) is 46.6 Å². The Morgan fingerprint density at radius 3 is 2.52 bits per heavy atom. The summed E-state index contributed by atoms with van der Waals surface area (Å²) in [5.41, 5.74) is 0.403. The smallest absolute Gasteiger partial charge is 0.408 e. The number of alkyl carbamates (subject to hydrolysis) is 1. The fourth-order valence-electron chi connectivity index (χ4n) is 1.97. The van der Waals surface area contributed by atoms with E-state index >= 15 is 0 Å². The van der Waals surface area contributed by atoms with Crippen LogP contribution >= 0.6 is 11.6 Å².